The molecule has 0 aliphatic carbocycles. The van der Waals surface area contributed by atoms with E-state index in [1.54, 1.807) is 0 Å². The van der Waals surface area contributed by atoms with E-state index in [0.29, 0.717) is 37.5 Å². The lowest BCUT2D eigenvalue weighted by Gasteiger charge is -2.35. The van der Waals surface area contributed by atoms with E-state index in [-0.39, 0.29) is 11.7 Å². The molecule has 3 N–H and O–H groups in total. The molecule has 0 radical (unpaired) electrons. The summed E-state index contributed by atoms with van der Waals surface area (Å²) in [5.74, 6) is 0.0747. The van der Waals surface area contributed by atoms with Gasteiger partial charge in [-0.25, -0.2) is 9.18 Å². The normalized spacial score (nSPS) is 18.9. The molecule has 0 saturated carbocycles. The summed E-state index contributed by atoms with van der Waals surface area (Å²) in [4.78, 5) is 37.6. The molecule has 1 aromatic rings. The maximum atomic E-state index is 14.9. The number of likely N-dealkylation sites (tertiary alicyclic amines) is 2. The van der Waals surface area contributed by atoms with Crippen LogP contribution in [0.5, 0.6) is 0 Å². The van der Waals surface area contributed by atoms with Gasteiger partial charge in [-0.05, 0) is 87.7 Å². The number of carbonyl (C=O) groups excluding carboxylic acids is 2. The van der Waals surface area contributed by atoms with Crippen LogP contribution in [-0.4, -0.2) is 72.1 Å². The number of hydrogen-bond donors (Lipinski definition) is 3. The minimum Gasteiger partial charge on any atom is -0.465 e. The number of imide groups is 1. The van der Waals surface area contributed by atoms with Crippen molar-refractivity contribution in [1.29, 1.82) is 0 Å². The number of amides is 3. The molecule has 9 heteroatoms. The zero-order chi connectivity index (χ0) is 24.5. The Morgan fingerprint density at radius 1 is 1.18 bits per heavy atom. The fourth-order valence-electron chi connectivity index (χ4n) is 5.11. The average Bonchev–Trinajstić information content (AvgIpc) is 2.83. The Bertz CT molecular complexity index is 836. The predicted octanol–water partition coefficient (Wildman–Crippen LogP) is 3.64. The Balaban J connectivity index is 1.46. The summed E-state index contributed by atoms with van der Waals surface area (Å²) in [7, 11) is 0. The van der Waals surface area contributed by atoms with Gasteiger partial charge in [0.05, 0.1) is 0 Å². The highest BCUT2D eigenvalue weighted by atomic mass is 19.1. The second kappa shape index (κ2) is 12.7. The summed E-state index contributed by atoms with van der Waals surface area (Å²) in [6.07, 6.45) is 5.61. The summed E-state index contributed by atoms with van der Waals surface area (Å²) in [5.41, 5.74) is 1.25. The van der Waals surface area contributed by atoms with Crippen LogP contribution >= 0.6 is 0 Å². The van der Waals surface area contributed by atoms with Gasteiger partial charge in [0.2, 0.25) is 12.3 Å². The van der Waals surface area contributed by atoms with Crippen LogP contribution in [0.3, 0.4) is 0 Å². The third kappa shape index (κ3) is 7.16. The van der Waals surface area contributed by atoms with Crippen molar-refractivity contribution in [2.24, 2.45) is 5.92 Å². The number of halogens is 1. The van der Waals surface area contributed by atoms with Crippen LogP contribution in [0.2, 0.25) is 0 Å². The highest BCUT2D eigenvalue weighted by Crippen LogP contribution is 2.32. The van der Waals surface area contributed by atoms with E-state index in [4.69, 9.17) is 5.11 Å². The van der Waals surface area contributed by atoms with Crippen molar-refractivity contribution in [3.05, 3.63) is 29.6 Å². The molecule has 2 aliphatic heterocycles. The van der Waals surface area contributed by atoms with Gasteiger partial charge in [0, 0.05) is 18.8 Å². The fraction of sp³-hybridized carbons (Fsp3) is 0.640. The monoisotopic (exact) mass is 476 g/mol. The van der Waals surface area contributed by atoms with E-state index >= 15 is 0 Å². The molecule has 34 heavy (non-hydrogen) atoms. The smallest absolute Gasteiger partial charge is 0.407 e. The van der Waals surface area contributed by atoms with Gasteiger partial charge >= 0.3 is 6.09 Å². The summed E-state index contributed by atoms with van der Waals surface area (Å²) < 4.78 is 14.9. The first-order valence-electron chi connectivity index (χ1n) is 12.4. The number of anilines is 1. The van der Waals surface area contributed by atoms with Crippen molar-refractivity contribution in [3.8, 4) is 0 Å². The van der Waals surface area contributed by atoms with Gasteiger partial charge in [0.25, 0.3) is 0 Å². The van der Waals surface area contributed by atoms with Crippen LogP contribution in [0.25, 0.3) is 0 Å². The molecule has 0 spiro atoms. The van der Waals surface area contributed by atoms with Crippen molar-refractivity contribution in [1.82, 2.24) is 15.1 Å². The van der Waals surface area contributed by atoms with Crippen LogP contribution in [0.4, 0.5) is 14.9 Å². The first-order chi connectivity index (χ1) is 16.4. The second-order valence-corrected chi connectivity index (χ2v) is 9.47. The van der Waals surface area contributed by atoms with Crippen LogP contribution < -0.4 is 10.6 Å². The van der Waals surface area contributed by atoms with E-state index < -0.39 is 18.0 Å². The third-order valence-electron chi connectivity index (χ3n) is 7.20. The summed E-state index contributed by atoms with van der Waals surface area (Å²) >= 11 is 0. The number of piperidine rings is 2. The number of nitrogens with zero attached hydrogens (tertiary/aromatic N) is 2. The standard InChI is InChI=1S/C25H37FN4O4/c1-2-3-23(24(32)27-17-31)28-20-4-5-21(22(26)16-20)19-9-12-29(13-10-19)11-6-18-7-14-30(15-8-18)25(33)34/h4-5,16-19,23,28H,2-3,6-15H2,1H3,(H,33,34)(H,27,31,32). The Kier molecular flexibility index (Phi) is 9.68. The SMILES string of the molecule is CCCC(Nc1ccc(C2CCN(CCC3CCN(C(=O)O)CC3)CC2)c(F)c1)C(=O)NC=O. The number of benzene rings is 1. The van der Waals surface area contributed by atoms with Gasteiger partial charge in [0.15, 0.2) is 0 Å². The van der Waals surface area contributed by atoms with Crippen molar-refractivity contribution in [3.63, 3.8) is 0 Å². The predicted molar refractivity (Wildman–Crippen MR) is 128 cm³/mol. The lowest BCUT2D eigenvalue weighted by molar-refractivity contribution is -0.125. The van der Waals surface area contributed by atoms with E-state index in [2.05, 4.69) is 15.5 Å². The molecular formula is C25H37FN4O4. The summed E-state index contributed by atoms with van der Waals surface area (Å²) in [6, 6.07) is 4.49. The third-order valence-corrected chi connectivity index (χ3v) is 7.20. The molecule has 2 fully saturated rings. The number of hydrogen-bond acceptors (Lipinski definition) is 5. The van der Waals surface area contributed by atoms with Gasteiger partial charge in [-0.2, -0.15) is 0 Å². The van der Waals surface area contributed by atoms with E-state index in [9.17, 15) is 18.8 Å². The maximum absolute atomic E-state index is 14.9. The molecule has 188 valence electrons. The lowest BCUT2D eigenvalue weighted by Crippen LogP contribution is -2.39. The Morgan fingerprint density at radius 2 is 1.88 bits per heavy atom. The van der Waals surface area contributed by atoms with Gasteiger partial charge in [-0.15, -0.1) is 0 Å². The topological polar surface area (TPSA) is 102 Å². The number of rotatable bonds is 10. The van der Waals surface area contributed by atoms with Crippen molar-refractivity contribution in [2.75, 3.05) is 38.0 Å². The van der Waals surface area contributed by atoms with Gasteiger partial charge < -0.3 is 20.2 Å². The largest absolute Gasteiger partial charge is 0.465 e. The molecule has 0 aromatic heterocycles. The lowest BCUT2D eigenvalue weighted by atomic mass is 9.88. The molecule has 0 bridgehead atoms. The molecule has 3 rings (SSSR count). The molecule has 2 heterocycles. The molecule has 2 aliphatic rings. The molecule has 1 atom stereocenters. The molecule has 1 aromatic carbocycles. The van der Waals surface area contributed by atoms with E-state index in [0.717, 1.165) is 63.7 Å². The van der Waals surface area contributed by atoms with Crippen LogP contribution in [0, 0.1) is 11.7 Å². The quantitative estimate of drug-likeness (QED) is 0.446. The average molecular weight is 477 g/mol. The van der Waals surface area contributed by atoms with E-state index in [1.165, 1.54) is 11.0 Å². The number of carboxylic acid groups (broad SMARTS) is 1. The highest BCUT2D eigenvalue weighted by Gasteiger charge is 2.26. The van der Waals surface area contributed by atoms with Crippen LogP contribution in [-0.2, 0) is 9.59 Å². The number of carbonyl (C=O) groups is 3. The van der Waals surface area contributed by atoms with E-state index in [1.807, 2.05) is 19.1 Å². The summed E-state index contributed by atoms with van der Waals surface area (Å²) in [6.45, 7) is 6.09. The fourth-order valence-corrected chi connectivity index (χ4v) is 5.11. The Labute approximate surface area is 200 Å². The van der Waals surface area contributed by atoms with Crippen molar-refractivity contribution >= 4 is 24.1 Å². The molecule has 2 saturated heterocycles. The first kappa shape index (κ1) is 25.9. The number of nitrogens with one attached hydrogen (secondary N) is 2. The van der Waals surface area contributed by atoms with Gasteiger partial charge in [-0.3, -0.25) is 14.9 Å². The van der Waals surface area contributed by atoms with Crippen molar-refractivity contribution < 1.29 is 23.9 Å². The van der Waals surface area contributed by atoms with Crippen molar-refractivity contribution in [2.45, 2.75) is 63.8 Å². The first-order valence-corrected chi connectivity index (χ1v) is 12.4. The minimum atomic E-state index is -0.819. The Hall–Kier alpha value is -2.68. The molecular weight excluding hydrogens is 439 g/mol. The van der Waals surface area contributed by atoms with Crippen LogP contribution in [0.1, 0.15) is 63.4 Å². The summed E-state index contributed by atoms with van der Waals surface area (Å²) in [5, 5.41) is 14.3. The molecule has 3 amide bonds. The zero-order valence-corrected chi connectivity index (χ0v) is 20.0. The Morgan fingerprint density at radius 3 is 2.47 bits per heavy atom. The maximum Gasteiger partial charge on any atom is 0.407 e. The van der Waals surface area contributed by atoms with Gasteiger partial charge in [-0.1, -0.05) is 19.4 Å². The zero-order valence-electron chi connectivity index (χ0n) is 20.0. The second-order valence-electron chi connectivity index (χ2n) is 9.47. The van der Waals surface area contributed by atoms with Gasteiger partial charge in [0.1, 0.15) is 11.9 Å². The highest BCUT2D eigenvalue weighted by molar-refractivity contribution is 5.91. The minimum absolute atomic E-state index is 0.175. The molecule has 1 unspecified atom stereocenters. The molecule has 8 nitrogen and oxygen atoms in total. The van der Waals surface area contributed by atoms with Crippen LogP contribution in [0.15, 0.2) is 18.2 Å².